The molecule has 75 heavy (non-hydrogen) atoms. The first-order chi connectivity index (χ1) is 36.0. The second-order valence-electron chi connectivity index (χ2n) is 21.5. The van der Waals surface area contributed by atoms with Crippen LogP contribution in [0, 0.1) is 5.41 Å². The van der Waals surface area contributed by atoms with E-state index in [0.717, 1.165) is 68.1 Å². The van der Waals surface area contributed by atoms with Crippen LogP contribution in [0.3, 0.4) is 0 Å². The second kappa shape index (κ2) is 19.2. The topological polar surface area (TPSA) is 228 Å². The Kier molecular flexibility index (Phi) is 12.7. The summed E-state index contributed by atoms with van der Waals surface area (Å²) in [4.78, 5) is 111. The minimum atomic E-state index is -1.01. The molecule has 2 atom stereocenters. The van der Waals surface area contributed by atoms with E-state index in [1.54, 1.807) is 61.6 Å². The lowest BCUT2D eigenvalue weighted by atomic mass is 9.90. The number of carbonyl (C=O) groups is 6. The number of carbonyl (C=O) groups excluding carboxylic acids is 6. The van der Waals surface area contributed by atoms with Gasteiger partial charge >= 0.3 is 0 Å². The van der Waals surface area contributed by atoms with Crippen LogP contribution in [0.25, 0.3) is 11.1 Å². The lowest BCUT2D eigenvalue weighted by Crippen LogP contribution is -2.57. The highest BCUT2D eigenvalue weighted by atomic mass is 16.3. The molecule has 1 unspecified atom stereocenters. The zero-order chi connectivity index (χ0) is 52.6. The molecule has 0 spiro atoms. The van der Waals surface area contributed by atoms with Gasteiger partial charge in [-0.2, -0.15) is 0 Å². The molecule has 1 aromatic carbocycles. The normalized spacial score (nSPS) is 20.9. The van der Waals surface area contributed by atoms with Gasteiger partial charge in [-0.05, 0) is 104 Å². The van der Waals surface area contributed by atoms with E-state index in [0.29, 0.717) is 65.5 Å². The fourth-order valence-electron chi connectivity index (χ4n) is 12.2. The number of aryl methyl sites for hydroxylation is 1. The fourth-order valence-corrected chi connectivity index (χ4v) is 12.2. The van der Waals surface area contributed by atoms with Crippen molar-refractivity contribution in [3.63, 3.8) is 0 Å². The quantitative estimate of drug-likeness (QED) is 0.133. The van der Waals surface area contributed by atoms with E-state index in [2.05, 4.69) is 61.0 Å². The summed E-state index contributed by atoms with van der Waals surface area (Å²) in [6.07, 6.45) is 7.32. The number of nitrogens with zero attached hydrogens (tertiary/aromatic N) is 9. The second-order valence-corrected chi connectivity index (χ2v) is 21.5. The summed E-state index contributed by atoms with van der Waals surface area (Å²) in [5.41, 5.74) is 6.95. The Hall–Kier alpha value is -7.71. The first-order valence-corrected chi connectivity index (χ1v) is 26.0. The third kappa shape index (κ3) is 8.92. The Morgan fingerprint density at radius 1 is 0.867 bits per heavy atom. The average molecular weight is 1020 g/mol. The van der Waals surface area contributed by atoms with Gasteiger partial charge in [-0.1, -0.05) is 20.8 Å². The van der Waals surface area contributed by atoms with Gasteiger partial charge in [0.1, 0.15) is 29.1 Å². The standard InChI is InChI=1S/C55H62N12O8/c1-6-46(69)59-48-41(64-20-19-63(28-31(64)2)34-14-17-62(18-15-34)35-7-8-37-38(25-35)52(73)67(51(37)72)42-10-12-47(70)60-50(42)71)9-11-45(58-48)57-40-23-33(29-61(5)53(40)74)36-13-16-56-49(39(36)30-68)66-22-21-65-43(54(66)75)24-32-26-55(3,4)27-44(32)65/h7-9,11,13,16,23-25,29,31,34,42,68H,6,10,12,14-15,17-22,26-28,30H2,1-5H3,(H,60,70,71)(H2,57,58,59,69)/t31-,42?/m0/s1. The fraction of sp³-hybridized carbons (Fsp3) is 0.436. The third-order valence-corrected chi connectivity index (χ3v) is 16.0. The number of hydrogen-bond acceptors (Lipinski definition) is 14. The Labute approximate surface area is 433 Å². The number of amides is 6. The maximum atomic E-state index is 14.1. The molecular weight excluding hydrogens is 957 g/mol. The van der Waals surface area contributed by atoms with Crippen molar-refractivity contribution in [2.75, 3.05) is 64.6 Å². The molecule has 3 fully saturated rings. The lowest BCUT2D eigenvalue weighted by molar-refractivity contribution is -0.136. The smallest absolute Gasteiger partial charge is 0.276 e. The van der Waals surface area contributed by atoms with Gasteiger partial charge in [-0.3, -0.25) is 53.6 Å². The van der Waals surface area contributed by atoms with Crippen LogP contribution in [0.5, 0.6) is 0 Å². The highest BCUT2D eigenvalue weighted by molar-refractivity contribution is 6.23. The molecule has 0 radical (unpaired) electrons. The van der Waals surface area contributed by atoms with E-state index in [1.807, 2.05) is 18.2 Å². The van der Waals surface area contributed by atoms with Crippen LogP contribution in [-0.4, -0.2) is 127 Å². The van der Waals surface area contributed by atoms with Crippen LogP contribution < -0.4 is 36.2 Å². The van der Waals surface area contributed by atoms with Crippen LogP contribution in [-0.2, 0) is 47.4 Å². The van der Waals surface area contributed by atoms with Crippen molar-refractivity contribution < 1.29 is 33.9 Å². The maximum absolute atomic E-state index is 14.1. The van der Waals surface area contributed by atoms with E-state index in [-0.39, 0.29) is 64.9 Å². The van der Waals surface area contributed by atoms with Crippen molar-refractivity contribution in [3.05, 3.63) is 105 Å². The van der Waals surface area contributed by atoms with Crippen LogP contribution in [0.4, 0.5) is 34.5 Å². The number of benzene rings is 1. The molecule has 0 bridgehead atoms. The zero-order valence-electron chi connectivity index (χ0n) is 42.9. The Bertz CT molecular complexity index is 3280. The molecule has 5 aliphatic heterocycles. The SMILES string of the molecule is CCC(=O)Nc1nc(Nc2cc(-c3ccnc(N4CCn5c(cc6c5CC(C)(C)C6)C4=O)c3CO)cn(C)c2=O)ccc1N1CCN(C2CCN(c3ccc4c(c3)C(=O)N(C3CCC(=O)NC3=O)C4=O)CC2)C[C@@H]1C. The van der Waals surface area contributed by atoms with E-state index in [1.165, 1.54) is 15.8 Å². The van der Waals surface area contributed by atoms with Gasteiger partial charge in [0.15, 0.2) is 5.82 Å². The first-order valence-electron chi connectivity index (χ1n) is 26.0. The number of hydrogen-bond donors (Lipinski definition) is 4. The summed E-state index contributed by atoms with van der Waals surface area (Å²) < 4.78 is 3.60. The van der Waals surface area contributed by atoms with Gasteiger partial charge in [0, 0.05) is 113 Å². The number of aromatic nitrogens is 4. The number of nitrogens with one attached hydrogen (secondary N) is 3. The number of rotatable bonds is 11. The molecule has 390 valence electrons. The minimum Gasteiger partial charge on any atom is -0.392 e. The van der Waals surface area contributed by atoms with Crippen molar-refractivity contribution in [2.45, 2.75) is 104 Å². The van der Waals surface area contributed by atoms with Gasteiger partial charge in [-0.15, -0.1) is 0 Å². The van der Waals surface area contributed by atoms with Gasteiger partial charge < -0.3 is 34.7 Å². The Morgan fingerprint density at radius 3 is 2.40 bits per heavy atom. The van der Waals surface area contributed by atoms with Gasteiger partial charge in [0.05, 0.1) is 23.4 Å². The molecule has 0 saturated carbocycles. The third-order valence-electron chi connectivity index (χ3n) is 16.0. The molecule has 20 heteroatoms. The number of pyridine rings is 3. The zero-order valence-corrected chi connectivity index (χ0v) is 42.9. The molecule has 4 N–H and O–H groups in total. The van der Waals surface area contributed by atoms with Crippen molar-refractivity contribution in [2.24, 2.45) is 12.5 Å². The van der Waals surface area contributed by atoms with Gasteiger partial charge in [0.2, 0.25) is 17.7 Å². The van der Waals surface area contributed by atoms with Gasteiger partial charge in [-0.25, -0.2) is 9.97 Å². The molecule has 1 aliphatic carbocycles. The van der Waals surface area contributed by atoms with E-state index in [4.69, 9.17) is 4.98 Å². The summed E-state index contributed by atoms with van der Waals surface area (Å²) in [7, 11) is 1.65. The van der Waals surface area contributed by atoms with E-state index >= 15 is 0 Å². The summed E-state index contributed by atoms with van der Waals surface area (Å²) in [6.45, 7) is 12.8. The number of piperidine rings is 2. The highest BCUT2D eigenvalue weighted by Crippen LogP contribution is 2.41. The van der Waals surface area contributed by atoms with Crippen LogP contribution in [0.15, 0.2) is 65.7 Å². The summed E-state index contributed by atoms with van der Waals surface area (Å²) >= 11 is 0. The molecule has 11 rings (SSSR count). The lowest BCUT2D eigenvalue weighted by Gasteiger charge is -2.47. The Morgan fingerprint density at radius 2 is 1.65 bits per heavy atom. The molecule has 3 saturated heterocycles. The molecule has 5 aromatic rings. The molecule has 9 heterocycles. The van der Waals surface area contributed by atoms with Crippen LogP contribution >= 0.6 is 0 Å². The Balaban J connectivity index is 0.766. The largest absolute Gasteiger partial charge is 0.392 e. The first kappa shape index (κ1) is 49.5. The minimum absolute atomic E-state index is 0.0519. The predicted octanol–water partition coefficient (Wildman–Crippen LogP) is 4.59. The van der Waals surface area contributed by atoms with Crippen molar-refractivity contribution >= 4 is 70.0 Å². The molecule has 4 aromatic heterocycles. The number of imide groups is 2. The van der Waals surface area contributed by atoms with E-state index in [9.17, 15) is 38.7 Å². The number of piperazine rings is 1. The summed E-state index contributed by atoms with van der Waals surface area (Å²) in [5.74, 6) is -1.37. The summed E-state index contributed by atoms with van der Waals surface area (Å²) in [6, 6.07) is 13.8. The van der Waals surface area contributed by atoms with Crippen molar-refractivity contribution in [1.82, 2.24) is 34.2 Å². The highest BCUT2D eigenvalue weighted by Gasteiger charge is 2.45. The van der Waals surface area contributed by atoms with Gasteiger partial charge in [0.25, 0.3) is 23.3 Å². The average Bonchev–Trinajstić information content (AvgIpc) is 3.99. The van der Waals surface area contributed by atoms with Crippen molar-refractivity contribution in [1.29, 1.82) is 0 Å². The van der Waals surface area contributed by atoms with Crippen LogP contribution in [0.2, 0.25) is 0 Å². The van der Waals surface area contributed by atoms with Crippen LogP contribution in [0.1, 0.15) is 108 Å². The number of aliphatic hydroxyl groups excluding tert-OH is 1. The number of fused-ring (bicyclic) bond motifs is 4. The monoisotopic (exact) mass is 1020 g/mol. The summed E-state index contributed by atoms with van der Waals surface area (Å²) in [5, 5.41) is 19.4. The van der Waals surface area contributed by atoms with E-state index < -0.39 is 36.3 Å². The van der Waals surface area contributed by atoms with Crippen molar-refractivity contribution in [3.8, 4) is 11.1 Å². The molecule has 20 nitrogen and oxygen atoms in total. The molecular formula is C55H62N12O8. The molecule has 6 aliphatic rings. The number of anilines is 6. The maximum Gasteiger partial charge on any atom is 0.276 e. The molecule has 6 amide bonds. The predicted molar refractivity (Wildman–Crippen MR) is 281 cm³/mol. The number of aliphatic hydroxyl groups is 1.